The normalized spacial score (nSPS) is 13.8. The maximum absolute atomic E-state index is 12.4. The van der Waals surface area contributed by atoms with Gasteiger partial charge in [0.05, 0.1) is 28.1 Å². The van der Waals surface area contributed by atoms with Crippen molar-refractivity contribution in [2.75, 3.05) is 5.32 Å². The van der Waals surface area contributed by atoms with Crippen LogP contribution in [0, 0.1) is 0 Å². The Bertz CT molecular complexity index is 819. The number of rotatable bonds is 3. The zero-order chi connectivity index (χ0) is 18.2. The Balaban J connectivity index is 1.76. The Labute approximate surface area is 148 Å². The van der Waals surface area contributed by atoms with Crippen LogP contribution in [0.1, 0.15) is 46.4 Å². The molecule has 0 aliphatic carbocycles. The molecular formula is C17H17N3O4S. The van der Waals surface area contributed by atoms with Crippen molar-refractivity contribution in [3.8, 4) is 0 Å². The fraction of sp³-hybridized carbons (Fsp3) is 0.294. The van der Waals surface area contributed by atoms with E-state index in [0.717, 1.165) is 4.90 Å². The Morgan fingerprint density at radius 3 is 2.36 bits per heavy atom. The van der Waals surface area contributed by atoms with Crippen LogP contribution in [0.2, 0.25) is 0 Å². The molecule has 7 nitrogen and oxygen atoms in total. The number of fused-ring (bicyclic) bond motifs is 1. The number of hydrogen-bond donors (Lipinski definition) is 1. The summed E-state index contributed by atoms with van der Waals surface area (Å²) in [5.74, 6) is -0.412. The van der Waals surface area contributed by atoms with E-state index in [1.54, 1.807) is 50.5 Å². The van der Waals surface area contributed by atoms with Gasteiger partial charge in [-0.05, 0) is 32.9 Å². The monoisotopic (exact) mass is 359 g/mol. The molecule has 2 heterocycles. The van der Waals surface area contributed by atoms with Crippen molar-refractivity contribution in [1.29, 1.82) is 0 Å². The number of carbonyl (C=O) groups excluding carboxylic acids is 3. The van der Waals surface area contributed by atoms with E-state index < -0.39 is 11.7 Å². The minimum Gasteiger partial charge on any atom is -0.444 e. The third-order valence-electron chi connectivity index (χ3n) is 3.44. The van der Waals surface area contributed by atoms with Crippen LogP contribution in [0.25, 0.3) is 0 Å². The van der Waals surface area contributed by atoms with Crippen LogP contribution in [-0.2, 0) is 11.3 Å². The highest BCUT2D eigenvalue weighted by molar-refractivity contribution is 7.10. The first-order valence-electron chi connectivity index (χ1n) is 7.64. The summed E-state index contributed by atoms with van der Waals surface area (Å²) in [5.41, 5.74) is 1.68. The first-order chi connectivity index (χ1) is 11.8. The van der Waals surface area contributed by atoms with Gasteiger partial charge in [0.15, 0.2) is 5.82 Å². The lowest BCUT2D eigenvalue weighted by atomic mass is 10.1. The molecule has 25 heavy (non-hydrogen) atoms. The molecule has 130 valence electrons. The maximum atomic E-state index is 12.4. The Kier molecular flexibility index (Phi) is 4.30. The van der Waals surface area contributed by atoms with E-state index >= 15 is 0 Å². The molecule has 1 aliphatic heterocycles. The van der Waals surface area contributed by atoms with Gasteiger partial charge in [0.1, 0.15) is 5.60 Å². The average Bonchev–Trinajstić information content (AvgIpc) is 3.05. The van der Waals surface area contributed by atoms with Crippen molar-refractivity contribution < 1.29 is 19.1 Å². The van der Waals surface area contributed by atoms with Crippen LogP contribution in [-0.4, -0.2) is 33.4 Å². The minimum absolute atomic E-state index is 0.0438. The molecule has 0 spiro atoms. The average molecular weight is 359 g/mol. The van der Waals surface area contributed by atoms with Gasteiger partial charge in [-0.25, -0.2) is 9.78 Å². The van der Waals surface area contributed by atoms with E-state index in [0.29, 0.717) is 16.0 Å². The first kappa shape index (κ1) is 17.1. The minimum atomic E-state index is -0.637. The van der Waals surface area contributed by atoms with Crippen LogP contribution in [0.15, 0.2) is 29.8 Å². The largest absolute Gasteiger partial charge is 0.444 e. The van der Waals surface area contributed by atoms with Gasteiger partial charge >= 0.3 is 6.09 Å². The molecule has 1 aliphatic rings. The number of thiazole rings is 1. The van der Waals surface area contributed by atoms with E-state index in [1.807, 2.05) is 0 Å². The molecule has 1 aromatic carbocycles. The third-order valence-corrected chi connectivity index (χ3v) is 4.26. The molecule has 0 bridgehead atoms. The molecular weight excluding hydrogens is 342 g/mol. The van der Waals surface area contributed by atoms with E-state index in [9.17, 15) is 14.4 Å². The van der Waals surface area contributed by atoms with Crippen molar-refractivity contribution in [3.05, 3.63) is 45.8 Å². The molecule has 3 amide bonds. The predicted molar refractivity (Wildman–Crippen MR) is 92.6 cm³/mol. The zero-order valence-electron chi connectivity index (χ0n) is 14.0. The first-order valence-corrected chi connectivity index (χ1v) is 8.52. The van der Waals surface area contributed by atoms with Gasteiger partial charge < -0.3 is 4.74 Å². The molecule has 3 rings (SSSR count). The van der Waals surface area contributed by atoms with Crippen LogP contribution >= 0.6 is 11.3 Å². The summed E-state index contributed by atoms with van der Waals surface area (Å²) >= 11 is 1.25. The molecule has 2 aromatic rings. The van der Waals surface area contributed by atoms with Crippen molar-refractivity contribution in [2.45, 2.75) is 32.9 Å². The Morgan fingerprint density at radius 2 is 1.80 bits per heavy atom. The highest BCUT2D eigenvalue weighted by Gasteiger charge is 2.35. The van der Waals surface area contributed by atoms with Gasteiger partial charge in [-0.15, -0.1) is 11.3 Å². The number of amides is 3. The summed E-state index contributed by atoms with van der Waals surface area (Å²) in [6.45, 7) is 5.32. The van der Waals surface area contributed by atoms with Crippen LogP contribution in [0.5, 0.6) is 0 Å². The summed E-state index contributed by atoms with van der Waals surface area (Å²) in [7, 11) is 0. The number of aromatic nitrogens is 1. The maximum Gasteiger partial charge on any atom is 0.413 e. The smallest absolute Gasteiger partial charge is 0.413 e. The summed E-state index contributed by atoms with van der Waals surface area (Å²) in [4.78, 5) is 42.6. The van der Waals surface area contributed by atoms with Gasteiger partial charge in [-0.3, -0.25) is 19.8 Å². The van der Waals surface area contributed by atoms with Crippen molar-refractivity contribution >= 4 is 35.1 Å². The van der Waals surface area contributed by atoms with Gasteiger partial charge in [0.2, 0.25) is 0 Å². The summed E-state index contributed by atoms with van der Waals surface area (Å²) < 4.78 is 5.20. The lowest BCUT2D eigenvalue weighted by molar-refractivity contribution is 0.0631. The molecule has 0 fully saturated rings. The standard InChI is InChI=1S/C17H17N3O4S/c1-17(2,3)24-16(23)19-13-12(25-9-18-13)8-20-14(21)10-6-4-5-7-11(10)15(20)22/h4-7,9H,8H2,1-3H3,(H,19,23). The third kappa shape index (κ3) is 3.53. The van der Waals surface area contributed by atoms with E-state index in [-0.39, 0.29) is 24.2 Å². The molecule has 0 saturated carbocycles. The van der Waals surface area contributed by atoms with Crippen molar-refractivity contribution in [2.24, 2.45) is 0 Å². The lowest BCUT2D eigenvalue weighted by Crippen LogP contribution is -2.30. The van der Waals surface area contributed by atoms with Gasteiger partial charge in [-0.2, -0.15) is 0 Å². The van der Waals surface area contributed by atoms with Crippen molar-refractivity contribution in [3.63, 3.8) is 0 Å². The van der Waals surface area contributed by atoms with Gasteiger partial charge in [-0.1, -0.05) is 12.1 Å². The van der Waals surface area contributed by atoms with Crippen LogP contribution < -0.4 is 5.32 Å². The van der Waals surface area contributed by atoms with Crippen molar-refractivity contribution in [1.82, 2.24) is 9.88 Å². The second kappa shape index (κ2) is 6.29. The van der Waals surface area contributed by atoms with E-state index in [1.165, 1.54) is 11.3 Å². The molecule has 0 saturated heterocycles. The molecule has 8 heteroatoms. The number of hydrogen-bond acceptors (Lipinski definition) is 6. The number of anilines is 1. The highest BCUT2D eigenvalue weighted by atomic mass is 32.1. The summed E-state index contributed by atoms with van der Waals surface area (Å²) in [6.07, 6.45) is -0.637. The number of nitrogens with zero attached hydrogens (tertiary/aromatic N) is 2. The molecule has 1 aromatic heterocycles. The molecule has 0 radical (unpaired) electrons. The van der Waals surface area contributed by atoms with Gasteiger partial charge in [0.25, 0.3) is 11.8 Å². The fourth-order valence-electron chi connectivity index (χ4n) is 2.41. The van der Waals surface area contributed by atoms with Crippen LogP contribution in [0.3, 0.4) is 0 Å². The second-order valence-corrected chi connectivity index (χ2v) is 7.43. The number of carbonyl (C=O) groups is 3. The lowest BCUT2D eigenvalue weighted by Gasteiger charge is -2.19. The Hall–Kier alpha value is -2.74. The fourth-order valence-corrected chi connectivity index (χ4v) is 3.12. The second-order valence-electron chi connectivity index (χ2n) is 6.49. The summed E-state index contributed by atoms with van der Waals surface area (Å²) in [5, 5.41) is 2.56. The number of benzene rings is 1. The molecule has 0 atom stereocenters. The molecule has 1 N–H and O–H groups in total. The predicted octanol–water partition coefficient (Wildman–Crippen LogP) is 3.29. The topological polar surface area (TPSA) is 88.6 Å². The van der Waals surface area contributed by atoms with Crippen LogP contribution in [0.4, 0.5) is 10.6 Å². The number of imide groups is 1. The summed E-state index contributed by atoms with van der Waals surface area (Å²) in [6, 6.07) is 6.69. The van der Waals surface area contributed by atoms with Gasteiger partial charge in [0, 0.05) is 0 Å². The van der Waals surface area contributed by atoms with E-state index in [2.05, 4.69) is 10.3 Å². The SMILES string of the molecule is CC(C)(C)OC(=O)Nc1ncsc1CN1C(=O)c2ccccc2C1=O. The number of ether oxygens (including phenoxy) is 1. The molecule has 0 unspecified atom stereocenters. The zero-order valence-corrected chi connectivity index (χ0v) is 14.8. The number of nitrogens with one attached hydrogen (secondary N) is 1. The van der Waals surface area contributed by atoms with E-state index in [4.69, 9.17) is 4.74 Å². The quantitative estimate of drug-likeness (QED) is 0.850. The highest BCUT2D eigenvalue weighted by Crippen LogP contribution is 2.28. The Morgan fingerprint density at radius 1 is 1.20 bits per heavy atom.